The number of nitrogens with zero attached hydrogens (tertiary/aromatic N) is 3. The fourth-order valence-electron chi connectivity index (χ4n) is 3.29. The van der Waals surface area contributed by atoms with E-state index < -0.39 is 9.84 Å². The number of hydrogen-bond donors (Lipinski definition) is 0. The van der Waals surface area contributed by atoms with Gasteiger partial charge in [0.1, 0.15) is 0 Å². The third-order valence-corrected chi connectivity index (χ3v) is 6.46. The Morgan fingerprint density at radius 1 is 1.22 bits per heavy atom. The Balaban J connectivity index is 1.44. The van der Waals surface area contributed by atoms with E-state index in [1.807, 2.05) is 23.1 Å². The third-order valence-electron chi connectivity index (χ3n) is 4.63. The minimum atomic E-state index is -2.90. The summed E-state index contributed by atoms with van der Waals surface area (Å²) in [7, 11) is -2.90. The van der Waals surface area contributed by atoms with E-state index in [0.717, 1.165) is 25.3 Å². The molecular formula is C16H23N3O3S. The van der Waals surface area contributed by atoms with Crippen molar-refractivity contribution in [1.82, 2.24) is 14.8 Å². The Morgan fingerprint density at radius 3 is 2.61 bits per heavy atom. The van der Waals surface area contributed by atoms with Gasteiger partial charge in [0.05, 0.1) is 17.2 Å². The predicted molar refractivity (Wildman–Crippen MR) is 87.5 cm³/mol. The Hall–Kier alpha value is -1.47. The highest BCUT2D eigenvalue weighted by molar-refractivity contribution is 7.91. The molecule has 0 radical (unpaired) electrons. The largest absolute Gasteiger partial charge is 0.340 e. The maximum Gasteiger partial charge on any atom is 0.222 e. The quantitative estimate of drug-likeness (QED) is 0.802. The first-order chi connectivity index (χ1) is 11.0. The molecule has 0 saturated carbocycles. The summed E-state index contributed by atoms with van der Waals surface area (Å²) in [6, 6.07) is 5.90. The van der Waals surface area contributed by atoms with Crippen molar-refractivity contribution >= 4 is 15.7 Å². The summed E-state index contributed by atoms with van der Waals surface area (Å²) in [5, 5.41) is 0. The van der Waals surface area contributed by atoms with Crippen LogP contribution in [0.15, 0.2) is 24.4 Å². The van der Waals surface area contributed by atoms with Gasteiger partial charge in [0.25, 0.3) is 0 Å². The molecule has 1 aromatic rings. The molecule has 3 heterocycles. The Labute approximate surface area is 137 Å². The van der Waals surface area contributed by atoms with Crippen LogP contribution in [0.5, 0.6) is 0 Å². The highest BCUT2D eigenvalue weighted by atomic mass is 32.2. The zero-order valence-corrected chi connectivity index (χ0v) is 14.0. The highest BCUT2D eigenvalue weighted by Gasteiger charge is 2.31. The number of rotatable bonds is 4. The smallest absolute Gasteiger partial charge is 0.222 e. The van der Waals surface area contributed by atoms with Gasteiger partial charge in [-0.1, -0.05) is 6.07 Å². The average molecular weight is 337 g/mol. The van der Waals surface area contributed by atoms with Crippen molar-refractivity contribution in [2.24, 2.45) is 5.92 Å². The van der Waals surface area contributed by atoms with E-state index in [2.05, 4.69) is 9.88 Å². The van der Waals surface area contributed by atoms with Gasteiger partial charge in [-0.15, -0.1) is 0 Å². The monoisotopic (exact) mass is 337 g/mol. The van der Waals surface area contributed by atoms with Gasteiger partial charge in [-0.25, -0.2) is 8.42 Å². The second-order valence-corrected chi connectivity index (χ2v) is 8.68. The first-order valence-corrected chi connectivity index (χ1v) is 9.94. The number of aromatic nitrogens is 1. The maximum absolute atomic E-state index is 12.3. The lowest BCUT2D eigenvalue weighted by molar-refractivity contribution is -0.133. The van der Waals surface area contributed by atoms with Crippen molar-refractivity contribution in [3.63, 3.8) is 0 Å². The molecule has 2 saturated heterocycles. The van der Waals surface area contributed by atoms with Crippen LogP contribution in [0.25, 0.3) is 0 Å². The molecule has 6 nitrogen and oxygen atoms in total. The summed E-state index contributed by atoms with van der Waals surface area (Å²) in [5.41, 5.74) is 1.04. The van der Waals surface area contributed by atoms with Gasteiger partial charge in [-0.2, -0.15) is 0 Å². The molecular weight excluding hydrogens is 314 g/mol. The van der Waals surface area contributed by atoms with E-state index in [1.165, 1.54) is 0 Å². The zero-order chi connectivity index (χ0) is 16.3. The molecule has 0 aliphatic carbocycles. The number of sulfone groups is 1. The fraction of sp³-hybridized carbons (Fsp3) is 0.625. The molecule has 0 N–H and O–H groups in total. The molecule has 2 aliphatic heterocycles. The Bertz CT molecular complexity index is 640. The second kappa shape index (κ2) is 6.97. The number of amides is 1. The van der Waals surface area contributed by atoms with Crippen molar-refractivity contribution < 1.29 is 13.2 Å². The predicted octanol–water partition coefficient (Wildman–Crippen LogP) is 0.551. The van der Waals surface area contributed by atoms with Crippen LogP contribution in [0.4, 0.5) is 0 Å². The van der Waals surface area contributed by atoms with E-state index in [9.17, 15) is 13.2 Å². The first kappa shape index (κ1) is 16.4. The summed E-state index contributed by atoms with van der Waals surface area (Å²) >= 11 is 0. The van der Waals surface area contributed by atoms with Gasteiger partial charge in [-0.3, -0.25) is 14.7 Å². The van der Waals surface area contributed by atoms with Crippen molar-refractivity contribution in [3.05, 3.63) is 30.1 Å². The molecule has 2 aliphatic rings. The molecule has 1 amide bonds. The molecule has 126 valence electrons. The van der Waals surface area contributed by atoms with E-state index in [0.29, 0.717) is 25.9 Å². The Kier molecular flexibility index (Phi) is 4.96. The summed E-state index contributed by atoms with van der Waals surface area (Å²) < 4.78 is 23.0. The zero-order valence-electron chi connectivity index (χ0n) is 13.2. The minimum absolute atomic E-state index is 0.0130. The van der Waals surface area contributed by atoms with Crippen molar-refractivity contribution in [2.75, 3.05) is 37.7 Å². The lowest BCUT2D eigenvalue weighted by Gasteiger charge is -2.35. The number of pyridine rings is 1. The standard InChI is InChI=1S/C16H23N3O3S/c20-16(11-14-4-10-23(21,22)13-14)19-8-6-18(7-9-19)12-15-3-1-2-5-17-15/h1-3,5,14H,4,6-13H2. The lowest BCUT2D eigenvalue weighted by Crippen LogP contribution is -2.48. The second-order valence-electron chi connectivity index (χ2n) is 6.45. The van der Waals surface area contributed by atoms with Gasteiger partial charge < -0.3 is 4.90 Å². The summed E-state index contributed by atoms with van der Waals surface area (Å²) in [5.74, 6) is 0.532. The summed E-state index contributed by atoms with van der Waals surface area (Å²) in [6.07, 6.45) is 2.80. The van der Waals surface area contributed by atoms with E-state index in [-0.39, 0.29) is 23.3 Å². The number of carbonyl (C=O) groups is 1. The van der Waals surface area contributed by atoms with Crippen LogP contribution >= 0.6 is 0 Å². The van der Waals surface area contributed by atoms with Crippen LogP contribution < -0.4 is 0 Å². The van der Waals surface area contributed by atoms with Crippen LogP contribution in [0.1, 0.15) is 18.5 Å². The highest BCUT2D eigenvalue weighted by Crippen LogP contribution is 2.22. The fourth-order valence-corrected chi connectivity index (χ4v) is 5.15. The van der Waals surface area contributed by atoms with Gasteiger partial charge in [-0.05, 0) is 24.5 Å². The Morgan fingerprint density at radius 2 is 2.00 bits per heavy atom. The van der Waals surface area contributed by atoms with Gasteiger partial charge in [0.15, 0.2) is 9.84 Å². The number of piperazine rings is 1. The normalized spacial score (nSPS) is 24.7. The molecule has 1 aromatic heterocycles. The summed E-state index contributed by atoms with van der Waals surface area (Å²) in [6.45, 7) is 3.91. The average Bonchev–Trinajstić information content (AvgIpc) is 2.88. The van der Waals surface area contributed by atoms with Crippen LogP contribution in [-0.4, -0.2) is 66.8 Å². The van der Waals surface area contributed by atoms with E-state index in [4.69, 9.17) is 0 Å². The topological polar surface area (TPSA) is 70.6 Å². The molecule has 3 rings (SSSR count). The molecule has 0 bridgehead atoms. The first-order valence-electron chi connectivity index (χ1n) is 8.12. The molecule has 1 unspecified atom stereocenters. The molecule has 7 heteroatoms. The van der Waals surface area contributed by atoms with Crippen LogP contribution in [-0.2, 0) is 21.2 Å². The molecule has 0 spiro atoms. The minimum Gasteiger partial charge on any atom is -0.340 e. The van der Waals surface area contributed by atoms with Gasteiger partial charge in [0, 0.05) is 45.3 Å². The van der Waals surface area contributed by atoms with Crippen LogP contribution in [0, 0.1) is 5.92 Å². The molecule has 23 heavy (non-hydrogen) atoms. The van der Waals surface area contributed by atoms with Gasteiger partial charge in [0.2, 0.25) is 5.91 Å². The van der Waals surface area contributed by atoms with Crippen LogP contribution in [0.2, 0.25) is 0 Å². The van der Waals surface area contributed by atoms with Crippen LogP contribution in [0.3, 0.4) is 0 Å². The summed E-state index contributed by atoms with van der Waals surface area (Å²) in [4.78, 5) is 20.8. The number of hydrogen-bond acceptors (Lipinski definition) is 5. The molecule has 2 fully saturated rings. The van der Waals surface area contributed by atoms with E-state index >= 15 is 0 Å². The SMILES string of the molecule is O=C(CC1CCS(=O)(=O)C1)N1CCN(Cc2ccccn2)CC1. The maximum atomic E-state index is 12.3. The van der Waals surface area contributed by atoms with Crippen molar-refractivity contribution in [2.45, 2.75) is 19.4 Å². The third kappa shape index (κ3) is 4.51. The lowest BCUT2D eigenvalue weighted by atomic mass is 10.0. The van der Waals surface area contributed by atoms with Gasteiger partial charge >= 0.3 is 0 Å². The van der Waals surface area contributed by atoms with E-state index in [1.54, 1.807) is 6.20 Å². The molecule has 0 aromatic carbocycles. The number of carbonyl (C=O) groups excluding carboxylic acids is 1. The van der Waals surface area contributed by atoms with Crippen molar-refractivity contribution in [3.8, 4) is 0 Å². The van der Waals surface area contributed by atoms with Crippen molar-refractivity contribution in [1.29, 1.82) is 0 Å². The molecule has 1 atom stereocenters.